The number of hydrogen-bond acceptors (Lipinski definition) is 4. The summed E-state index contributed by atoms with van der Waals surface area (Å²) in [6.07, 6.45) is 0. The first-order valence-electron chi connectivity index (χ1n) is 2.79. The number of nitrogens with zero attached hydrogens (tertiary/aromatic N) is 1. The van der Waals surface area contributed by atoms with Gasteiger partial charge in [0.05, 0.1) is 6.07 Å². The largest absolute Gasteiger partial charge is 0.479 e. The van der Waals surface area contributed by atoms with Crippen LogP contribution in [-0.4, -0.2) is 30.5 Å². The Balaban J connectivity index is 4.85. The standard InChI is InChI=1S/C5H7NO4S/c1-2-11(9,10)4(3-6)5(7)8/h4H,2H2,1H3,(H,7,8). The highest BCUT2D eigenvalue weighted by Gasteiger charge is 2.30. The number of carboxylic acid groups (broad SMARTS) is 1. The molecule has 0 saturated carbocycles. The second kappa shape index (κ2) is 3.34. The average molecular weight is 177 g/mol. The summed E-state index contributed by atoms with van der Waals surface area (Å²) in [7, 11) is -3.77. The Morgan fingerprint density at radius 1 is 1.73 bits per heavy atom. The zero-order valence-corrected chi connectivity index (χ0v) is 6.63. The fourth-order valence-corrected chi connectivity index (χ4v) is 1.26. The maximum absolute atomic E-state index is 10.8. The SMILES string of the molecule is CCS(=O)(=O)C(C#N)C(=O)O. The molecule has 1 N–H and O–H groups in total. The van der Waals surface area contributed by atoms with Crippen molar-refractivity contribution in [3.05, 3.63) is 0 Å². The van der Waals surface area contributed by atoms with Crippen LogP contribution >= 0.6 is 0 Å². The van der Waals surface area contributed by atoms with E-state index >= 15 is 0 Å². The fraction of sp³-hybridized carbons (Fsp3) is 0.600. The molecule has 0 radical (unpaired) electrons. The van der Waals surface area contributed by atoms with Crippen LogP contribution in [0.5, 0.6) is 0 Å². The number of aliphatic carboxylic acids is 1. The molecule has 0 fully saturated rings. The van der Waals surface area contributed by atoms with E-state index in [0.717, 1.165) is 0 Å². The Morgan fingerprint density at radius 2 is 2.18 bits per heavy atom. The third kappa shape index (κ3) is 2.20. The van der Waals surface area contributed by atoms with E-state index in [1.807, 2.05) is 0 Å². The zero-order valence-electron chi connectivity index (χ0n) is 5.81. The smallest absolute Gasteiger partial charge is 0.336 e. The molecular weight excluding hydrogens is 170 g/mol. The second-order valence-corrected chi connectivity index (χ2v) is 4.17. The molecule has 0 aliphatic rings. The van der Waals surface area contributed by atoms with Gasteiger partial charge in [-0.15, -0.1) is 0 Å². The molecule has 0 amide bonds. The molecule has 11 heavy (non-hydrogen) atoms. The number of rotatable bonds is 3. The quantitative estimate of drug-likeness (QED) is 0.620. The third-order valence-corrected chi connectivity index (χ3v) is 2.93. The lowest BCUT2D eigenvalue weighted by molar-refractivity contribution is -0.135. The van der Waals surface area contributed by atoms with Gasteiger partial charge in [-0.2, -0.15) is 5.26 Å². The molecule has 0 bridgehead atoms. The second-order valence-electron chi connectivity index (χ2n) is 1.80. The molecule has 0 heterocycles. The van der Waals surface area contributed by atoms with Crippen molar-refractivity contribution in [2.45, 2.75) is 12.2 Å². The molecular formula is C5H7NO4S. The van der Waals surface area contributed by atoms with E-state index in [4.69, 9.17) is 10.4 Å². The summed E-state index contributed by atoms with van der Waals surface area (Å²) in [6, 6.07) is 1.21. The van der Waals surface area contributed by atoms with Crippen molar-refractivity contribution in [1.29, 1.82) is 5.26 Å². The van der Waals surface area contributed by atoms with E-state index in [0.29, 0.717) is 0 Å². The highest BCUT2D eigenvalue weighted by atomic mass is 32.2. The van der Waals surface area contributed by atoms with Gasteiger partial charge in [0.2, 0.25) is 5.25 Å². The van der Waals surface area contributed by atoms with Crippen molar-refractivity contribution in [3.63, 3.8) is 0 Å². The average Bonchev–Trinajstić information content (AvgIpc) is 1.88. The molecule has 1 atom stereocenters. The van der Waals surface area contributed by atoms with Gasteiger partial charge in [0.15, 0.2) is 9.84 Å². The van der Waals surface area contributed by atoms with Gasteiger partial charge in [0.1, 0.15) is 0 Å². The van der Waals surface area contributed by atoms with Crippen LogP contribution in [0.1, 0.15) is 6.92 Å². The molecule has 5 nitrogen and oxygen atoms in total. The molecule has 0 aliphatic heterocycles. The summed E-state index contributed by atoms with van der Waals surface area (Å²) < 4.78 is 21.5. The predicted octanol–water partition coefficient (Wildman–Crippen LogP) is -0.602. The van der Waals surface area contributed by atoms with Crippen LogP contribution in [0.3, 0.4) is 0 Å². The molecule has 0 spiro atoms. The molecule has 0 saturated heterocycles. The molecule has 1 unspecified atom stereocenters. The summed E-state index contributed by atoms with van der Waals surface area (Å²) in [5, 5.41) is 14.5. The number of carbonyl (C=O) groups is 1. The molecule has 0 aromatic rings. The monoisotopic (exact) mass is 177 g/mol. The number of carboxylic acids is 1. The number of hydrogen-bond donors (Lipinski definition) is 1. The van der Waals surface area contributed by atoms with Crippen LogP contribution < -0.4 is 0 Å². The normalized spacial score (nSPS) is 13.5. The van der Waals surface area contributed by atoms with Crippen LogP contribution in [0.25, 0.3) is 0 Å². The van der Waals surface area contributed by atoms with E-state index in [2.05, 4.69) is 0 Å². The number of sulfone groups is 1. The van der Waals surface area contributed by atoms with E-state index in [-0.39, 0.29) is 5.75 Å². The number of nitriles is 1. The van der Waals surface area contributed by atoms with Crippen LogP contribution in [0.2, 0.25) is 0 Å². The lowest BCUT2D eigenvalue weighted by Gasteiger charge is -2.01. The van der Waals surface area contributed by atoms with Gasteiger partial charge >= 0.3 is 5.97 Å². The Labute approximate surface area is 64.2 Å². The van der Waals surface area contributed by atoms with Crippen LogP contribution in [0.4, 0.5) is 0 Å². The highest BCUT2D eigenvalue weighted by Crippen LogP contribution is 2.00. The van der Waals surface area contributed by atoms with E-state index in [9.17, 15) is 13.2 Å². The lowest BCUT2D eigenvalue weighted by Crippen LogP contribution is -2.29. The summed E-state index contributed by atoms with van der Waals surface area (Å²) in [5.41, 5.74) is 0. The Morgan fingerprint density at radius 3 is 2.27 bits per heavy atom. The molecule has 62 valence electrons. The molecule has 0 rings (SSSR count). The van der Waals surface area contributed by atoms with Gasteiger partial charge in [0.25, 0.3) is 0 Å². The third-order valence-electron chi connectivity index (χ3n) is 1.10. The minimum absolute atomic E-state index is 0.336. The summed E-state index contributed by atoms with van der Waals surface area (Å²) in [4.78, 5) is 10.1. The maximum Gasteiger partial charge on any atom is 0.336 e. The van der Waals surface area contributed by atoms with Crippen molar-refractivity contribution in [1.82, 2.24) is 0 Å². The van der Waals surface area contributed by atoms with E-state index in [1.54, 1.807) is 0 Å². The van der Waals surface area contributed by atoms with Crippen LogP contribution in [0.15, 0.2) is 0 Å². The first-order chi connectivity index (χ1) is 4.95. The van der Waals surface area contributed by atoms with Crippen molar-refractivity contribution >= 4 is 15.8 Å². The predicted molar refractivity (Wildman–Crippen MR) is 36.5 cm³/mol. The fourth-order valence-electron chi connectivity index (χ4n) is 0.456. The Kier molecular flexibility index (Phi) is 3.01. The van der Waals surface area contributed by atoms with Gasteiger partial charge in [0, 0.05) is 5.75 Å². The lowest BCUT2D eigenvalue weighted by atomic mass is 10.5. The minimum atomic E-state index is -3.77. The molecule has 6 heteroatoms. The Hall–Kier alpha value is -1.09. The first kappa shape index (κ1) is 9.91. The minimum Gasteiger partial charge on any atom is -0.479 e. The van der Waals surface area contributed by atoms with Gasteiger partial charge in [-0.3, -0.25) is 0 Å². The van der Waals surface area contributed by atoms with Crippen LogP contribution in [0, 0.1) is 11.3 Å². The first-order valence-corrected chi connectivity index (χ1v) is 4.51. The molecule has 0 aliphatic carbocycles. The maximum atomic E-state index is 10.8. The van der Waals surface area contributed by atoms with Crippen molar-refractivity contribution in [3.8, 4) is 6.07 Å². The van der Waals surface area contributed by atoms with E-state index < -0.39 is 21.1 Å². The summed E-state index contributed by atoms with van der Waals surface area (Å²) in [5.74, 6) is -1.95. The van der Waals surface area contributed by atoms with Gasteiger partial charge < -0.3 is 5.11 Å². The molecule has 0 aromatic carbocycles. The summed E-state index contributed by atoms with van der Waals surface area (Å²) in [6.45, 7) is 1.29. The van der Waals surface area contributed by atoms with Crippen molar-refractivity contribution in [2.24, 2.45) is 0 Å². The van der Waals surface area contributed by atoms with Crippen LogP contribution in [-0.2, 0) is 14.6 Å². The topological polar surface area (TPSA) is 95.2 Å². The van der Waals surface area contributed by atoms with Crippen molar-refractivity contribution < 1.29 is 18.3 Å². The van der Waals surface area contributed by atoms with E-state index in [1.165, 1.54) is 13.0 Å². The van der Waals surface area contributed by atoms with Gasteiger partial charge in [-0.1, -0.05) is 6.92 Å². The van der Waals surface area contributed by atoms with Gasteiger partial charge in [-0.25, -0.2) is 13.2 Å². The van der Waals surface area contributed by atoms with Gasteiger partial charge in [-0.05, 0) is 0 Å². The summed E-state index contributed by atoms with van der Waals surface area (Å²) >= 11 is 0. The highest BCUT2D eigenvalue weighted by molar-refractivity contribution is 7.92. The zero-order chi connectivity index (χ0) is 9.07. The Bertz CT molecular complexity index is 286. The van der Waals surface area contributed by atoms with Crippen molar-refractivity contribution in [2.75, 3.05) is 5.75 Å². The molecule has 0 aromatic heterocycles.